The van der Waals surface area contributed by atoms with Crippen molar-refractivity contribution in [2.75, 3.05) is 5.75 Å². The van der Waals surface area contributed by atoms with E-state index in [0.29, 0.717) is 27.4 Å². The molecular weight excluding hydrogens is 478 g/mol. The van der Waals surface area contributed by atoms with Crippen LogP contribution in [0.1, 0.15) is 5.69 Å². The number of rotatable bonds is 6. The molecule has 0 unspecified atom stereocenters. The van der Waals surface area contributed by atoms with E-state index in [9.17, 15) is 9.59 Å². The molecule has 0 aliphatic carbocycles. The number of hydrogen-bond acceptors (Lipinski definition) is 6. The summed E-state index contributed by atoms with van der Waals surface area (Å²) in [4.78, 5) is 34.2. The molecule has 0 atom stereocenters. The third kappa shape index (κ3) is 5.07. The molecule has 0 aliphatic heterocycles. The summed E-state index contributed by atoms with van der Waals surface area (Å²) >= 11 is 4.57. The maximum Gasteiger partial charge on any atom is 0.266 e. The predicted octanol–water partition coefficient (Wildman–Crippen LogP) is 3.79. The van der Waals surface area contributed by atoms with Gasteiger partial charge < -0.3 is 0 Å². The number of carbonyl (C=O) groups is 1. The van der Waals surface area contributed by atoms with E-state index >= 15 is 0 Å². The lowest BCUT2D eigenvalue weighted by Crippen LogP contribution is -2.24. The highest BCUT2D eigenvalue weighted by Gasteiger charge is 2.14. The molecule has 2 aromatic heterocycles. The van der Waals surface area contributed by atoms with Crippen molar-refractivity contribution >= 4 is 50.7 Å². The van der Waals surface area contributed by atoms with Crippen LogP contribution in [-0.2, 0) is 4.79 Å². The number of carbonyl (C=O) groups excluding carboxylic acids is 1. The van der Waals surface area contributed by atoms with Gasteiger partial charge in [-0.1, -0.05) is 45.9 Å². The number of pyridine rings is 1. The summed E-state index contributed by atoms with van der Waals surface area (Å²) in [5.41, 5.74) is 4.16. The first kappa shape index (κ1) is 21.0. The molecule has 31 heavy (non-hydrogen) atoms. The number of nitrogens with one attached hydrogen (secondary N) is 1. The van der Waals surface area contributed by atoms with Crippen LogP contribution in [0.5, 0.6) is 0 Å². The zero-order valence-electron chi connectivity index (χ0n) is 16.1. The van der Waals surface area contributed by atoms with Gasteiger partial charge in [0.1, 0.15) is 0 Å². The van der Waals surface area contributed by atoms with E-state index in [0.717, 1.165) is 4.47 Å². The fraction of sp³-hybridized carbons (Fsp3) is 0.0455. The average Bonchev–Trinajstić information content (AvgIpc) is 2.79. The topological polar surface area (TPSA) is 89.2 Å². The van der Waals surface area contributed by atoms with Crippen molar-refractivity contribution in [3.8, 4) is 5.69 Å². The normalized spacial score (nSPS) is 11.1. The Kier molecular flexibility index (Phi) is 6.54. The molecule has 154 valence electrons. The summed E-state index contributed by atoms with van der Waals surface area (Å²) in [6, 6.07) is 19.9. The molecule has 1 amide bonds. The summed E-state index contributed by atoms with van der Waals surface area (Å²) in [5, 5.41) is 4.86. The van der Waals surface area contributed by atoms with E-state index in [2.05, 4.69) is 36.4 Å². The largest absolute Gasteiger partial charge is 0.272 e. The minimum Gasteiger partial charge on any atom is -0.272 e. The van der Waals surface area contributed by atoms with Gasteiger partial charge in [-0.3, -0.25) is 19.1 Å². The van der Waals surface area contributed by atoms with E-state index in [1.54, 1.807) is 36.5 Å². The molecule has 1 N–H and O–H groups in total. The van der Waals surface area contributed by atoms with Crippen LogP contribution < -0.4 is 11.0 Å². The number of hydrazone groups is 1. The third-order valence-corrected chi connectivity index (χ3v) is 5.70. The van der Waals surface area contributed by atoms with Crippen molar-refractivity contribution in [1.29, 1.82) is 0 Å². The van der Waals surface area contributed by atoms with Gasteiger partial charge in [0.25, 0.3) is 11.5 Å². The van der Waals surface area contributed by atoms with Gasteiger partial charge in [0.15, 0.2) is 5.16 Å². The molecular formula is C22H16BrN5O2S. The van der Waals surface area contributed by atoms with Crippen molar-refractivity contribution in [3.05, 3.63) is 93.4 Å². The van der Waals surface area contributed by atoms with E-state index < -0.39 is 0 Å². The number of halogens is 1. The molecule has 0 bridgehead atoms. The highest BCUT2D eigenvalue weighted by molar-refractivity contribution is 9.10. The van der Waals surface area contributed by atoms with E-state index in [-0.39, 0.29) is 17.2 Å². The minimum absolute atomic E-state index is 0.0425. The van der Waals surface area contributed by atoms with Gasteiger partial charge >= 0.3 is 0 Å². The summed E-state index contributed by atoms with van der Waals surface area (Å²) < 4.78 is 2.42. The molecule has 4 rings (SSSR count). The summed E-state index contributed by atoms with van der Waals surface area (Å²) in [5.74, 6) is -0.275. The molecule has 2 aromatic carbocycles. The Labute approximate surface area is 190 Å². The van der Waals surface area contributed by atoms with Gasteiger partial charge in [0, 0.05) is 10.7 Å². The van der Waals surface area contributed by atoms with Crippen LogP contribution in [0, 0.1) is 0 Å². The zero-order chi connectivity index (χ0) is 21.6. The lowest BCUT2D eigenvalue weighted by atomic mass is 10.2. The lowest BCUT2D eigenvalue weighted by Gasteiger charge is -2.13. The Bertz CT molecular complexity index is 1310. The smallest absolute Gasteiger partial charge is 0.266 e. The van der Waals surface area contributed by atoms with E-state index in [1.807, 2.05) is 36.4 Å². The minimum atomic E-state index is -0.318. The quantitative estimate of drug-likeness (QED) is 0.191. The first-order chi connectivity index (χ1) is 15.1. The fourth-order valence-electron chi connectivity index (χ4n) is 2.81. The Hall–Kier alpha value is -3.30. The SMILES string of the molecule is O=C(CSc1nc2ccccc2c(=O)n1-c1ccc(Br)cc1)N/N=C\c1ccccn1. The highest BCUT2D eigenvalue weighted by atomic mass is 79.9. The van der Waals surface area contributed by atoms with Gasteiger partial charge in [0.2, 0.25) is 0 Å². The highest BCUT2D eigenvalue weighted by Crippen LogP contribution is 2.22. The number of nitrogens with zero attached hydrogens (tertiary/aromatic N) is 4. The average molecular weight is 494 g/mol. The first-order valence-corrected chi connectivity index (χ1v) is 11.0. The van der Waals surface area contributed by atoms with Crippen LogP contribution in [0.25, 0.3) is 16.6 Å². The number of fused-ring (bicyclic) bond motifs is 1. The molecule has 0 saturated carbocycles. The van der Waals surface area contributed by atoms with Crippen LogP contribution in [0.3, 0.4) is 0 Å². The van der Waals surface area contributed by atoms with Gasteiger partial charge in [-0.25, -0.2) is 10.4 Å². The van der Waals surface area contributed by atoms with E-state index in [1.165, 1.54) is 22.5 Å². The molecule has 0 saturated heterocycles. The van der Waals surface area contributed by atoms with Gasteiger partial charge in [0.05, 0.1) is 34.3 Å². The first-order valence-electron chi connectivity index (χ1n) is 9.25. The molecule has 2 heterocycles. The molecule has 0 fully saturated rings. The number of hydrogen-bond donors (Lipinski definition) is 1. The number of amides is 1. The Morgan fingerprint density at radius 3 is 2.65 bits per heavy atom. The summed E-state index contributed by atoms with van der Waals surface area (Å²) in [6.07, 6.45) is 3.11. The number of thioether (sulfide) groups is 1. The van der Waals surface area contributed by atoms with Crippen molar-refractivity contribution in [2.24, 2.45) is 5.10 Å². The third-order valence-electron chi connectivity index (χ3n) is 4.24. The Morgan fingerprint density at radius 1 is 1.10 bits per heavy atom. The Morgan fingerprint density at radius 2 is 1.87 bits per heavy atom. The number of aromatic nitrogens is 3. The molecule has 0 radical (unpaired) electrons. The molecule has 0 aliphatic rings. The predicted molar refractivity (Wildman–Crippen MR) is 126 cm³/mol. The van der Waals surface area contributed by atoms with Crippen LogP contribution in [0.4, 0.5) is 0 Å². The second-order valence-electron chi connectivity index (χ2n) is 6.36. The maximum atomic E-state index is 13.2. The molecule has 0 spiro atoms. The van der Waals surface area contributed by atoms with Crippen LogP contribution >= 0.6 is 27.7 Å². The second-order valence-corrected chi connectivity index (χ2v) is 8.22. The number of benzene rings is 2. The fourth-order valence-corrected chi connectivity index (χ4v) is 3.88. The zero-order valence-corrected chi connectivity index (χ0v) is 18.5. The standard InChI is InChI=1S/C22H16BrN5O2S/c23-15-8-10-17(11-9-15)28-21(30)18-6-1-2-7-19(18)26-22(28)31-14-20(29)27-25-13-16-5-3-4-12-24-16/h1-13H,14H2,(H,27,29)/b25-13-. The van der Waals surface area contributed by atoms with Crippen LogP contribution in [-0.4, -0.2) is 32.4 Å². The Balaban J connectivity index is 1.58. The van der Waals surface area contributed by atoms with Gasteiger partial charge in [-0.2, -0.15) is 5.10 Å². The van der Waals surface area contributed by atoms with Crippen LogP contribution in [0.15, 0.2) is 92.5 Å². The van der Waals surface area contributed by atoms with Crippen molar-refractivity contribution < 1.29 is 4.79 Å². The lowest BCUT2D eigenvalue weighted by molar-refractivity contribution is -0.118. The number of para-hydroxylation sites is 1. The monoisotopic (exact) mass is 493 g/mol. The molecule has 9 heteroatoms. The van der Waals surface area contributed by atoms with Gasteiger partial charge in [-0.15, -0.1) is 0 Å². The summed E-state index contributed by atoms with van der Waals surface area (Å²) in [7, 11) is 0. The maximum absolute atomic E-state index is 13.2. The van der Waals surface area contributed by atoms with Crippen molar-refractivity contribution in [2.45, 2.75) is 5.16 Å². The molecule has 4 aromatic rings. The second kappa shape index (κ2) is 9.67. The van der Waals surface area contributed by atoms with Gasteiger partial charge in [-0.05, 0) is 48.5 Å². The summed E-state index contributed by atoms with van der Waals surface area (Å²) in [6.45, 7) is 0. The van der Waals surface area contributed by atoms with Crippen molar-refractivity contribution in [1.82, 2.24) is 20.0 Å². The van der Waals surface area contributed by atoms with E-state index in [4.69, 9.17) is 0 Å². The molecule has 7 nitrogen and oxygen atoms in total. The van der Waals surface area contributed by atoms with Crippen molar-refractivity contribution in [3.63, 3.8) is 0 Å². The van der Waals surface area contributed by atoms with Crippen LogP contribution in [0.2, 0.25) is 0 Å².